The van der Waals surface area contributed by atoms with E-state index >= 15 is 0 Å². The van der Waals surface area contributed by atoms with Crippen LogP contribution in [0.25, 0.3) is 0 Å². The number of carbonyl (C=O) groups is 4. The standard InChI is InChI=1S/C18H27N3O6/c1-17(2,3)27-16(26)21-12(15(24)25)10-18(7-5-4-6-8-18)14(23)11(19)9-13(20)22/h4-7,11-12H,8-10,19H2,1-3H3,(H2,20,22)(H,21,26)(H,24,25)/t11-,12-,18?/m0/s1. The van der Waals surface area contributed by atoms with Crippen molar-refractivity contribution < 1.29 is 29.0 Å². The number of carboxylic acid groups (broad SMARTS) is 1. The SMILES string of the molecule is CC(C)(C)OC(=O)N[C@@H](CC1(C(=O)[C@@H](N)CC(N)=O)C=CC=CC1)C(=O)O. The number of Topliss-reactive ketones (excluding diaryl/α,β-unsaturated/α-hetero) is 1. The second-order valence-corrected chi connectivity index (χ2v) is 7.53. The largest absolute Gasteiger partial charge is 0.480 e. The summed E-state index contributed by atoms with van der Waals surface area (Å²) in [7, 11) is 0. The van der Waals surface area contributed by atoms with E-state index in [4.69, 9.17) is 16.2 Å². The molecule has 0 fully saturated rings. The molecule has 1 rings (SSSR count). The molecule has 27 heavy (non-hydrogen) atoms. The second-order valence-electron chi connectivity index (χ2n) is 7.53. The van der Waals surface area contributed by atoms with Crippen LogP contribution in [0.3, 0.4) is 0 Å². The summed E-state index contributed by atoms with van der Waals surface area (Å²) in [4.78, 5) is 47.6. The first-order valence-electron chi connectivity index (χ1n) is 8.51. The number of ether oxygens (including phenoxy) is 1. The van der Waals surface area contributed by atoms with E-state index in [0.29, 0.717) is 0 Å². The number of nitrogens with two attached hydrogens (primary N) is 2. The fourth-order valence-electron chi connectivity index (χ4n) is 2.79. The number of carboxylic acids is 1. The van der Waals surface area contributed by atoms with E-state index in [0.717, 1.165) is 0 Å². The van der Waals surface area contributed by atoms with Crippen LogP contribution in [0.5, 0.6) is 0 Å². The van der Waals surface area contributed by atoms with Crippen LogP contribution >= 0.6 is 0 Å². The van der Waals surface area contributed by atoms with E-state index in [-0.39, 0.29) is 19.3 Å². The molecule has 0 bridgehead atoms. The number of rotatable bonds is 8. The van der Waals surface area contributed by atoms with Gasteiger partial charge in [0.2, 0.25) is 5.91 Å². The highest BCUT2D eigenvalue weighted by Crippen LogP contribution is 2.35. The Morgan fingerprint density at radius 3 is 2.33 bits per heavy atom. The molecule has 0 aromatic heterocycles. The van der Waals surface area contributed by atoms with Crippen LogP contribution < -0.4 is 16.8 Å². The number of alkyl carbamates (subject to hydrolysis) is 1. The van der Waals surface area contributed by atoms with Crippen molar-refractivity contribution in [1.29, 1.82) is 0 Å². The molecule has 0 radical (unpaired) electrons. The van der Waals surface area contributed by atoms with Crippen LogP contribution in [-0.2, 0) is 19.1 Å². The molecule has 0 aromatic carbocycles. The fourth-order valence-corrected chi connectivity index (χ4v) is 2.79. The third-order valence-corrected chi connectivity index (χ3v) is 3.95. The number of ketones is 1. The van der Waals surface area contributed by atoms with Crippen LogP contribution in [-0.4, -0.2) is 46.5 Å². The zero-order chi connectivity index (χ0) is 20.8. The van der Waals surface area contributed by atoms with Crippen molar-refractivity contribution in [2.75, 3.05) is 0 Å². The molecule has 3 atom stereocenters. The number of hydrogen-bond acceptors (Lipinski definition) is 6. The maximum absolute atomic E-state index is 12.9. The number of aliphatic carboxylic acids is 1. The molecule has 150 valence electrons. The van der Waals surface area contributed by atoms with Gasteiger partial charge in [-0.25, -0.2) is 9.59 Å². The Morgan fingerprint density at radius 2 is 1.89 bits per heavy atom. The lowest BCUT2D eigenvalue weighted by molar-refractivity contribution is -0.141. The van der Waals surface area contributed by atoms with Gasteiger partial charge < -0.3 is 26.6 Å². The zero-order valence-corrected chi connectivity index (χ0v) is 15.7. The summed E-state index contributed by atoms with van der Waals surface area (Å²) in [5, 5.41) is 11.8. The number of primary amides is 1. The van der Waals surface area contributed by atoms with Gasteiger partial charge in [0.15, 0.2) is 5.78 Å². The number of nitrogens with one attached hydrogen (secondary N) is 1. The van der Waals surface area contributed by atoms with Crippen LogP contribution in [0.2, 0.25) is 0 Å². The van der Waals surface area contributed by atoms with E-state index in [1.54, 1.807) is 45.1 Å². The van der Waals surface area contributed by atoms with Crippen LogP contribution in [0.1, 0.15) is 40.0 Å². The predicted molar refractivity (Wildman–Crippen MR) is 97.5 cm³/mol. The monoisotopic (exact) mass is 381 g/mol. The molecule has 0 spiro atoms. The third-order valence-electron chi connectivity index (χ3n) is 3.95. The minimum absolute atomic E-state index is 0.189. The quantitative estimate of drug-likeness (QED) is 0.479. The Hall–Kier alpha value is -2.68. The summed E-state index contributed by atoms with van der Waals surface area (Å²) < 4.78 is 5.08. The van der Waals surface area contributed by atoms with Gasteiger partial charge in [0.05, 0.1) is 11.5 Å². The minimum Gasteiger partial charge on any atom is -0.480 e. The molecule has 9 nitrogen and oxygen atoms in total. The van der Waals surface area contributed by atoms with Gasteiger partial charge in [-0.2, -0.15) is 0 Å². The number of allylic oxidation sites excluding steroid dienone is 4. The lowest BCUT2D eigenvalue weighted by Gasteiger charge is -2.34. The highest BCUT2D eigenvalue weighted by molar-refractivity contribution is 5.95. The van der Waals surface area contributed by atoms with E-state index in [1.807, 2.05) is 0 Å². The Bertz CT molecular complexity index is 664. The fraction of sp³-hybridized carbons (Fsp3) is 0.556. The Labute approximate surface area is 157 Å². The van der Waals surface area contributed by atoms with E-state index < -0.39 is 46.9 Å². The Morgan fingerprint density at radius 1 is 1.26 bits per heavy atom. The van der Waals surface area contributed by atoms with Gasteiger partial charge in [-0.1, -0.05) is 24.3 Å². The molecule has 0 saturated heterocycles. The van der Waals surface area contributed by atoms with E-state index in [2.05, 4.69) is 5.32 Å². The predicted octanol–water partition coefficient (Wildman–Crippen LogP) is 0.629. The van der Waals surface area contributed by atoms with Crippen molar-refractivity contribution in [3.63, 3.8) is 0 Å². The van der Waals surface area contributed by atoms with E-state index in [1.165, 1.54) is 0 Å². The average Bonchev–Trinajstić information content (AvgIpc) is 2.51. The molecule has 6 N–H and O–H groups in total. The maximum atomic E-state index is 12.9. The van der Waals surface area contributed by atoms with Crippen LogP contribution in [0.4, 0.5) is 4.79 Å². The average molecular weight is 381 g/mol. The van der Waals surface area contributed by atoms with Gasteiger partial charge in [-0.15, -0.1) is 0 Å². The lowest BCUT2D eigenvalue weighted by atomic mass is 9.70. The van der Waals surface area contributed by atoms with Gasteiger partial charge in [0.1, 0.15) is 11.6 Å². The topological polar surface area (TPSA) is 162 Å². The molecule has 2 amide bonds. The number of carbonyl (C=O) groups excluding carboxylic acids is 3. The molecule has 0 aliphatic heterocycles. The Balaban J connectivity index is 3.04. The van der Waals surface area contributed by atoms with Crippen molar-refractivity contribution in [2.24, 2.45) is 16.9 Å². The molecule has 1 aliphatic carbocycles. The molecule has 1 unspecified atom stereocenters. The lowest BCUT2D eigenvalue weighted by Crippen LogP contribution is -2.51. The summed E-state index contributed by atoms with van der Waals surface area (Å²) >= 11 is 0. The molecule has 0 heterocycles. The smallest absolute Gasteiger partial charge is 0.408 e. The summed E-state index contributed by atoms with van der Waals surface area (Å²) in [6.07, 6.45) is 5.24. The first-order chi connectivity index (χ1) is 12.4. The summed E-state index contributed by atoms with van der Waals surface area (Å²) in [5.41, 5.74) is 8.83. The summed E-state index contributed by atoms with van der Waals surface area (Å²) in [5.74, 6) is -2.57. The number of hydrogen-bond donors (Lipinski definition) is 4. The van der Waals surface area contributed by atoms with Crippen LogP contribution in [0.15, 0.2) is 24.3 Å². The Kier molecular flexibility index (Phi) is 7.29. The molecule has 0 aromatic rings. The third kappa shape index (κ3) is 6.86. The van der Waals surface area contributed by atoms with Gasteiger partial charge in [-0.3, -0.25) is 9.59 Å². The molecular weight excluding hydrogens is 354 g/mol. The van der Waals surface area contributed by atoms with Gasteiger partial charge in [0.25, 0.3) is 0 Å². The minimum atomic E-state index is -1.39. The summed E-state index contributed by atoms with van der Waals surface area (Å²) in [6.45, 7) is 4.93. The first-order valence-corrected chi connectivity index (χ1v) is 8.51. The summed E-state index contributed by atoms with van der Waals surface area (Å²) in [6, 6.07) is -2.56. The van der Waals surface area contributed by atoms with Gasteiger partial charge >= 0.3 is 12.1 Å². The molecule has 9 heteroatoms. The first kappa shape index (κ1) is 22.4. The van der Waals surface area contributed by atoms with Crippen molar-refractivity contribution in [1.82, 2.24) is 5.32 Å². The van der Waals surface area contributed by atoms with Gasteiger partial charge in [-0.05, 0) is 33.6 Å². The molecule has 1 aliphatic rings. The second kappa shape index (κ2) is 8.81. The molecular formula is C18H27N3O6. The highest BCUT2D eigenvalue weighted by atomic mass is 16.6. The number of amides is 2. The van der Waals surface area contributed by atoms with Gasteiger partial charge in [0, 0.05) is 6.42 Å². The van der Waals surface area contributed by atoms with E-state index in [9.17, 15) is 24.3 Å². The normalized spacial score (nSPS) is 21.2. The zero-order valence-electron chi connectivity index (χ0n) is 15.7. The van der Waals surface area contributed by atoms with Crippen LogP contribution in [0, 0.1) is 5.41 Å². The molecule has 0 saturated carbocycles. The van der Waals surface area contributed by atoms with Crippen molar-refractivity contribution >= 4 is 23.8 Å². The van der Waals surface area contributed by atoms with Crippen molar-refractivity contribution in [3.8, 4) is 0 Å². The van der Waals surface area contributed by atoms with Crippen molar-refractivity contribution in [2.45, 2.75) is 57.7 Å². The maximum Gasteiger partial charge on any atom is 0.408 e. The van der Waals surface area contributed by atoms with Crippen molar-refractivity contribution in [3.05, 3.63) is 24.3 Å². The highest BCUT2D eigenvalue weighted by Gasteiger charge is 2.43.